The molecule has 1 N–H and O–H groups in total. The minimum Gasteiger partial charge on any atom is -0.388 e. The summed E-state index contributed by atoms with van der Waals surface area (Å²) in [6.07, 6.45) is -0.581. The first-order chi connectivity index (χ1) is 8.58. The van der Waals surface area contributed by atoms with Crippen molar-refractivity contribution in [1.29, 1.82) is 0 Å². The lowest BCUT2D eigenvalue weighted by Crippen LogP contribution is -2.05. The monoisotopic (exact) mass is 264 g/mol. The molecule has 1 atom stereocenters. The van der Waals surface area contributed by atoms with Crippen LogP contribution in [-0.4, -0.2) is 5.11 Å². The summed E-state index contributed by atoms with van der Waals surface area (Å²) in [5, 5.41) is 10.4. The van der Waals surface area contributed by atoms with E-state index in [1.165, 1.54) is 12.1 Å². The summed E-state index contributed by atoms with van der Waals surface area (Å²) < 4.78 is 13.6. The molecule has 0 aliphatic carbocycles. The molecule has 2 rings (SSSR count). The molecule has 2 aromatic carbocycles. The SMILES string of the molecule is Cc1cccc(CC(O)c2c(F)cccc2Cl)c1. The van der Waals surface area contributed by atoms with Crippen LogP contribution in [0.1, 0.15) is 22.8 Å². The van der Waals surface area contributed by atoms with Gasteiger partial charge in [0.2, 0.25) is 0 Å². The van der Waals surface area contributed by atoms with Crippen molar-refractivity contribution in [3.63, 3.8) is 0 Å². The Morgan fingerprint density at radius 3 is 2.61 bits per heavy atom. The lowest BCUT2D eigenvalue weighted by molar-refractivity contribution is 0.173. The molecule has 3 heteroatoms. The average Bonchev–Trinajstić information content (AvgIpc) is 2.28. The van der Waals surface area contributed by atoms with E-state index in [0.29, 0.717) is 6.42 Å². The quantitative estimate of drug-likeness (QED) is 0.886. The second-order valence-electron chi connectivity index (χ2n) is 4.34. The van der Waals surface area contributed by atoms with E-state index < -0.39 is 11.9 Å². The second kappa shape index (κ2) is 5.51. The van der Waals surface area contributed by atoms with E-state index in [-0.39, 0.29) is 10.6 Å². The van der Waals surface area contributed by atoms with Gasteiger partial charge >= 0.3 is 0 Å². The number of benzene rings is 2. The molecule has 94 valence electrons. The van der Waals surface area contributed by atoms with Gasteiger partial charge in [-0.25, -0.2) is 4.39 Å². The standard InChI is InChI=1S/C15H14ClFO/c1-10-4-2-5-11(8-10)9-14(18)15-12(16)6-3-7-13(15)17/h2-8,14,18H,9H2,1H3. The van der Waals surface area contributed by atoms with E-state index in [1.807, 2.05) is 31.2 Å². The van der Waals surface area contributed by atoms with Gasteiger partial charge < -0.3 is 5.11 Å². The maximum atomic E-state index is 13.6. The van der Waals surface area contributed by atoms with Crippen molar-refractivity contribution in [3.05, 3.63) is 70.0 Å². The largest absolute Gasteiger partial charge is 0.388 e. The normalized spacial score (nSPS) is 12.4. The Morgan fingerprint density at radius 1 is 1.22 bits per heavy atom. The zero-order chi connectivity index (χ0) is 13.1. The first kappa shape index (κ1) is 13.1. The highest BCUT2D eigenvalue weighted by Gasteiger charge is 2.16. The molecule has 0 spiro atoms. The topological polar surface area (TPSA) is 20.2 Å². The van der Waals surface area contributed by atoms with E-state index in [4.69, 9.17) is 11.6 Å². The maximum absolute atomic E-state index is 13.6. The van der Waals surface area contributed by atoms with Crippen LogP contribution in [0.4, 0.5) is 4.39 Å². The zero-order valence-electron chi connectivity index (χ0n) is 10.0. The van der Waals surface area contributed by atoms with Crippen LogP contribution in [0.3, 0.4) is 0 Å². The molecule has 1 unspecified atom stereocenters. The number of aliphatic hydroxyl groups is 1. The first-order valence-electron chi connectivity index (χ1n) is 5.75. The Morgan fingerprint density at radius 2 is 1.94 bits per heavy atom. The number of hydrogen-bond donors (Lipinski definition) is 1. The Kier molecular flexibility index (Phi) is 4.00. The number of hydrogen-bond acceptors (Lipinski definition) is 1. The van der Waals surface area contributed by atoms with Crippen molar-refractivity contribution in [2.75, 3.05) is 0 Å². The third-order valence-electron chi connectivity index (χ3n) is 2.84. The van der Waals surface area contributed by atoms with E-state index >= 15 is 0 Å². The number of aliphatic hydroxyl groups excluding tert-OH is 1. The molecule has 0 aromatic heterocycles. The van der Waals surface area contributed by atoms with Crippen LogP contribution in [0.25, 0.3) is 0 Å². The summed E-state index contributed by atoms with van der Waals surface area (Å²) in [6, 6.07) is 12.2. The van der Waals surface area contributed by atoms with Gasteiger partial charge in [-0.3, -0.25) is 0 Å². The van der Waals surface area contributed by atoms with Crippen LogP contribution in [0.15, 0.2) is 42.5 Å². The first-order valence-corrected chi connectivity index (χ1v) is 6.13. The molecule has 0 amide bonds. The molecular weight excluding hydrogens is 251 g/mol. The predicted octanol–water partition coefficient (Wildman–Crippen LogP) is 4.06. The molecule has 0 aliphatic heterocycles. The number of rotatable bonds is 3. The molecule has 0 radical (unpaired) electrons. The van der Waals surface area contributed by atoms with Crippen molar-refractivity contribution in [3.8, 4) is 0 Å². The van der Waals surface area contributed by atoms with Crippen molar-refractivity contribution in [2.24, 2.45) is 0 Å². The highest BCUT2D eigenvalue weighted by Crippen LogP contribution is 2.28. The fourth-order valence-electron chi connectivity index (χ4n) is 1.99. The molecule has 1 nitrogen and oxygen atoms in total. The highest BCUT2D eigenvalue weighted by molar-refractivity contribution is 6.31. The van der Waals surface area contributed by atoms with Crippen LogP contribution >= 0.6 is 11.6 Å². The predicted molar refractivity (Wildman–Crippen MR) is 71.3 cm³/mol. The smallest absolute Gasteiger partial charge is 0.130 e. The summed E-state index contributed by atoms with van der Waals surface area (Å²) >= 11 is 5.92. The third kappa shape index (κ3) is 2.89. The maximum Gasteiger partial charge on any atom is 0.130 e. The average molecular weight is 265 g/mol. The summed E-state index contributed by atoms with van der Waals surface area (Å²) in [5.74, 6) is -0.470. The second-order valence-corrected chi connectivity index (χ2v) is 4.75. The molecule has 18 heavy (non-hydrogen) atoms. The van der Waals surface area contributed by atoms with E-state index in [9.17, 15) is 9.50 Å². The number of halogens is 2. The Hall–Kier alpha value is -1.38. The van der Waals surface area contributed by atoms with Gasteiger partial charge in [0.15, 0.2) is 0 Å². The Labute approximate surface area is 111 Å². The van der Waals surface area contributed by atoms with E-state index in [1.54, 1.807) is 6.07 Å². The van der Waals surface area contributed by atoms with Crippen LogP contribution in [-0.2, 0) is 6.42 Å². The zero-order valence-corrected chi connectivity index (χ0v) is 10.8. The number of aryl methyl sites for hydroxylation is 1. The van der Waals surface area contributed by atoms with Gasteiger partial charge in [-0.2, -0.15) is 0 Å². The van der Waals surface area contributed by atoms with Crippen molar-refractivity contribution in [2.45, 2.75) is 19.4 Å². The lowest BCUT2D eigenvalue weighted by Gasteiger charge is -2.14. The molecule has 0 saturated heterocycles. The van der Waals surface area contributed by atoms with Gasteiger partial charge in [0.1, 0.15) is 5.82 Å². The molecule has 2 aromatic rings. The van der Waals surface area contributed by atoms with Gasteiger partial charge in [-0.15, -0.1) is 0 Å². The molecule has 0 saturated carbocycles. The Bertz CT molecular complexity index is 534. The fourth-order valence-corrected chi connectivity index (χ4v) is 2.28. The van der Waals surface area contributed by atoms with Gasteiger partial charge in [0, 0.05) is 17.0 Å². The molecule has 0 heterocycles. The van der Waals surface area contributed by atoms with Crippen molar-refractivity contribution < 1.29 is 9.50 Å². The third-order valence-corrected chi connectivity index (χ3v) is 3.17. The van der Waals surface area contributed by atoms with Crippen LogP contribution in [0.5, 0.6) is 0 Å². The van der Waals surface area contributed by atoms with Gasteiger partial charge in [-0.1, -0.05) is 47.5 Å². The Balaban J connectivity index is 2.25. The summed E-state index contributed by atoms with van der Waals surface area (Å²) in [7, 11) is 0. The molecule has 0 fully saturated rings. The van der Waals surface area contributed by atoms with Crippen molar-refractivity contribution in [1.82, 2.24) is 0 Å². The van der Waals surface area contributed by atoms with Crippen LogP contribution in [0, 0.1) is 12.7 Å². The molecule has 0 aliphatic rings. The lowest BCUT2D eigenvalue weighted by atomic mass is 10.00. The summed E-state index contributed by atoms with van der Waals surface area (Å²) in [6.45, 7) is 1.98. The van der Waals surface area contributed by atoms with Crippen LogP contribution in [0.2, 0.25) is 5.02 Å². The van der Waals surface area contributed by atoms with Gasteiger partial charge in [0.05, 0.1) is 6.10 Å². The fraction of sp³-hybridized carbons (Fsp3) is 0.200. The summed E-state index contributed by atoms with van der Waals surface area (Å²) in [5.41, 5.74) is 2.24. The molecule has 0 bridgehead atoms. The van der Waals surface area contributed by atoms with Gasteiger partial charge in [-0.05, 0) is 24.6 Å². The van der Waals surface area contributed by atoms with Crippen LogP contribution < -0.4 is 0 Å². The minimum absolute atomic E-state index is 0.167. The van der Waals surface area contributed by atoms with E-state index in [0.717, 1.165) is 11.1 Å². The van der Waals surface area contributed by atoms with Crippen molar-refractivity contribution >= 4 is 11.6 Å². The minimum atomic E-state index is -0.930. The highest BCUT2D eigenvalue weighted by atomic mass is 35.5. The van der Waals surface area contributed by atoms with Gasteiger partial charge in [0.25, 0.3) is 0 Å². The van der Waals surface area contributed by atoms with E-state index in [2.05, 4.69) is 0 Å². The summed E-state index contributed by atoms with van der Waals surface area (Å²) in [4.78, 5) is 0. The molecular formula is C15H14ClFO.